The van der Waals surface area contributed by atoms with Crippen LogP contribution >= 0.6 is 11.6 Å². The Kier molecular flexibility index (Phi) is 6.58. The maximum Gasteiger partial charge on any atom is 0.411 e. The first kappa shape index (κ1) is 24.1. The van der Waals surface area contributed by atoms with E-state index < -0.39 is 11.1 Å². The van der Waals surface area contributed by atoms with Crippen LogP contribution in [0.1, 0.15) is 35.7 Å². The number of benzene rings is 2. The van der Waals surface area contributed by atoms with Crippen LogP contribution in [0.25, 0.3) is 0 Å². The molecule has 1 atom stereocenters. The van der Waals surface area contributed by atoms with E-state index in [-0.39, 0.29) is 12.0 Å². The predicted octanol–water partition coefficient (Wildman–Crippen LogP) is 5.16. The Balaban J connectivity index is 1.38. The van der Waals surface area contributed by atoms with E-state index >= 15 is 0 Å². The number of hydrogen-bond acceptors (Lipinski definition) is 5. The van der Waals surface area contributed by atoms with Gasteiger partial charge in [0, 0.05) is 48.9 Å². The van der Waals surface area contributed by atoms with E-state index in [0.29, 0.717) is 49.7 Å². The summed E-state index contributed by atoms with van der Waals surface area (Å²) in [4.78, 5) is 34.3. The van der Waals surface area contributed by atoms with Crippen molar-refractivity contribution in [3.05, 3.63) is 95.3 Å². The molecular formula is C28H28ClN3O4. The molecule has 1 spiro atoms. The smallest absolute Gasteiger partial charge is 0.411 e. The second-order valence-electron chi connectivity index (χ2n) is 9.29. The van der Waals surface area contributed by atoms with Gasteiger partial charge >= 0.3 is 6.09 Å². The van der Waals surface area contributed by atoms with Gasteiger partial charge in [-0.15, -0.1) is 0 Å². The average molecular weight is 506 g/mol. The zero-order chi connectivity index (χ0) is 25.2. The molecule has 186 valence electrons. The highest BCUT2D eigenvalue weighted by atomic mass is 35.5. The van der Waals surface area contributed by atoms with Crippen molar-refractivity contribution in [1.82, 2.24) is 14.8 Å². The average Bonchev–Trinajstić information content (AvgIpc) is 3.11. The van der Waals surface area contributed by atoms with Gasteiger partial charge in [-0.3, -0.25) is 14.7 Å². The van der Waals surface area contributed by atoms with Gasteiger partial charge < -0.3 is 14.4 Å². The number of ether oxygens (including phenoxy) is 2. The van der Waals surface area contributed by atoms with Gasteiger partial charge in [0.15, 0.2) is 0 Å². The van der Waals surface area contributed by atoms with E-state index in [1.165, 1.54) is 0 Å². The molecule has 0 saturated carbocycles. The highest BCUT2D eigenvalue weighted by Gasteiger charge is 2.64. The van der Waals surface area contributed by atoms with E-state index in [0.717, 1.165) is 11.3 Å². The molecule has 1 aromatic heterocycles. The Morgan fingerprint density at radius 1 is 1.08 bits per heavy atom. The summed E-state index contributed by atoms with van der Waals surface area (Å²) < 4.78 is 12.1. The summed E-state index contributed by atoms with van der Waals surface area (Å²) in [6.07, 6.45) is 4.14. The molecule has 2 aliphatic rings. The number of para-hydroxylation sites is 1. The highest BCUT2D eigenvalue weighted by Crippen LogP contribution is 2.51. The lowest BCUT2D eigenvalue weighted by Crippen LogP contribution is -2.59. The Bertz CT molecular complexity index is 1230. The summed E-state index contributed by atoms with van der Waals surface area (Å²) in [7, 11) is 0. The van der Waals surface area contributed by atoms with Crippen LogP contribution < -0.4 is 4.74 Å². The molecule has 7 nitrogen and oxygen atoms in total. The normalized spacial score (nSPS) is 20.9. The van der Waals surface area contributed by atoms with Gasteiger partial charge in [0.25, 0.3) is 5.91 Å². The fourth-order valence-corrected chi connectivity index (χ4v) is 5.56. The number of rotatable bonds is 6. The fourth-order valence-electron chi connectivity index (χ4n) is 5.37. The van der Waals surface area contributed by atoms with E-state index in [2.05, 4.69) is 4.98 Å². The van der Waals surface area contributed by atoms with Crippen molar-refractivity contribution in [3.63, 3.8) is 0 Å². The minimum absolute atomic E-state index is 0.0760. The number of carbonyl (C=O) groups excluding carboxylic acids is 2. The molecule has 0 aliphatic carbocycles. The van der Waals surface area contributed by atoms with E-state index in [9.17, 15) is 9.59 Å². The van der Waals surface area contributed by atoms with Gasteiger partial charge in [-0.05, 0) is 48.9 Å². The molecule has 2 fully saturated rings. The summed E-state index contributed by atoms with van der Waals surface area (Å²) in [6, 6.07) is 20.3. The molecule has 0 radical (unpaired) electrons. The van der Waals surface area contributed by atoms with Crippen molar-refractivity contribution >= 4 is 23.6 Å². The van der Waals surface area contributed by atoms with Crippen molar-refractivity contribution in [1.29, 1.82) is 0 Å². The van der Waals surface area contributed by atoms with Crippen LogP contribution in [0.3, 0.4) is 0 Å². The van der Waals surface area contributed by atoms with Gasteiger partial charge in [-0.2, -0.15) is 0 Å². The number of aromatic nitrogens is 1. The number of carbonyl (C=O) groups is 2. The molecule has 36 heavy (non-hydrogen) atoms. The predicted molar refractivity (Wildman–Crippen MR) is 136 cm³/mol. The largest absolute Gasteiger partial charge is 0.492 e. The molecule has 2 aromatic carbocycles. The third kappa shape index (κ3) is 4.28. The lowest BCUT2D eigenvalue weighted by molar-refractivity contribution is -0.0551. The topological polar surface area (TPSA) is 72.0 Å². The van der Waals surface area contributed by atoms with E-state index in [4.69, 9.17) is 21.1 Å². The molecule has 2 aliphatic heterocycles. The van der Waals surface area contributed by atoms with Crippen LogP contribution in [-0.2, 0) is 10.3 Å². The Morgan fingerprint density at radius 3 is 2.56 bits per heavy atom. The molecule has 3 aromatic rings. The molecule has 0 bridgehead atoms. The van der Waals surface area contributed by atoms with Gasteiger partial charge in [-0.25, -0.2) is 4.79 Å². The monoisotopic (exact) mass is 505 g/mol. The summed E-state index contributed by atoms with van der Waals surface area (Å²) in [6.45, 7) is 3.63. The van der Waals surface area contributed by atoms with E-state index in [1.54, 1.807) is 46.5 Å². The zero-order valence-electron chi connectivity index (χ0n) is 20.1. The van der Waals surface area contributed by atoms with Crippen molar-refractivity contribution in [2.24, 2.45) is 0 Å². The minimum Gasteiger partial charge on any atom is -0.492 e. The molecule has 0 N–H and O–H groups in total. The first-order valence-corrected chi connectivity index (χ1v) is 12.4. The van der Waals surface area contributed by atoms with Gasteiger partial charge in [0.2, 0.25) is 0 Å². The molecule has 3 heterocycles. The van der Waals surface area contributed by atoms with Crippen molar-refractivity contribution < 1.29 is 19.1 Å². The number of likely N-dealkylation sites (tertiary alicyclic amines) is 1. The molecule has 2 amide bonds. The lowest BCUT2D eigenvalue weighted by atomic mass is 9.70. The first-order valence-electron chi connectivity index (χ1n) is 12.1. The third-order valence-electron chi connectivity index (χ3n) is 7.41. The Hall–Kier alpha value is -3.58. The number of piperidine rings is 1. The van der Waals surface area contributed by atoms with Gasteiger partial charge in [0.05, 0.1) is 6.54 Å². The molecule has 1 unspecified atom stereocenters. The molecule has 5 rings (SSSR count). The number of halogens is 1. The second kappa shape index (κ2) is 9.82. The number of nitrogens with zero attached hydrogens (tertiary/aromatic N) is 3. The van der Waals surface area contributed by atoms with Crippen LogP contribution in [0.4, 0.5) is 4.79 Å². The molecule has 8 heteroatoms. The van der Waals surface area contributed by atoms with Crippen molar-refractivity contribution in [3.8, 4) is 5.75 Å². The first-order chi connectivity index (χ1) is 17.4. The fraction of sp³-hybridized carbons (Fsp3) is 0.321. The SMILES string of the molecule is CC1(c2cccnc2)N(CCOc2ccccc2)C(=O)OC12CCN(C(=O)c1cccc(Cl)c1)CC2. The van der Waals surface area contributed by atoms with E-state index in [1.807, 2.05) is 49.4 Å². The molecular weight excluding hydrogens is 478 g/mol. The van der Waals surface area contributed by atoms with Gasteiger partial charge in [-0.1, -0.05) is 41.9 Å². The molecule has 2 saturated heterocycles. The van der Waals surface area contributed by atoms with Crippen LogP contribution in [0.2, 0.25) is 5.02 Å². The number of pyridine rings is 1. The zero-order valence-corrected chi connectivity index (χ0v) is 20.9. The third-order valence-corrected chi connectivity index (χ3v) is 7.65. The van der Waals surface area contributed by atoms with Crippen LogP contribution in [0.5, 0.6) is 5.75 Å². The van der Waals surface area contributed by atoms with Crippen molar-refractivity contribution in [2.75, 3.05) is 26.2 Å². The van der Waals surface area contributed by atoms with Crippen LogP contribution in [0.15, 0.2) is 79.1 Å². The Labute approximate surface area is 215 Å². The summed E-state index contributed by atoms with van der Waals surface area (Å²) >= 11 is 6.09. The lowest BCUT2D eigenvalue weighted by Gasteiger charge is -2.48. The Morgan fingerprint density at radius 2 is 1.86 bits per heavy atom. The summed E-state index contributed by atoms with van der Waals surface area (Å²) in [5.41, 5.74) is -0.129. The van der Waals surface area contributed by atoms with Crippen LogP contribution in [0, 0.1) is 0 Å². The van der Waals surface area contributed by atoms with Crippen LogP contribution in [-0.4, -0.2) is 58.6 Å². The van der Waals surface area contributed by atoms with Crippen molar-refractivity contribution in [2.45, 2.75) is 30.9 Å². The maximum atomic E-state index is 13.3. The highest BCUT2D eigenvalue weighted by molar-refractivity contribution is 6.30. The maximum absolute atomic E-state index is 13.3. The standard InChI is InChI=1S/C28H28ClN3O4/c1-27(22-8-6-14-30-20-22)28(36-26(34)32(27)17-18-35-24-10-3-2-4-11-24)12-15-31(16-13-28)25(33)21-7-5-9-23(29)19-21/h2-11,14,19-20H,12-13,15-18H2,1H3. The number of hydrogen-bond donors (Lipinski definition) is 0. The van der Waals surface area contributed by atoms with Gasteiger partial charge in [0.1, 0.15) is 23.5 Å². The second-order valence-corrected chi connectivity index (χ2v) is 9.73. The summed E-state index contributed by atoms with van der Waals surface area (Å²) in [5, 5.41) is 0.525. The minimum atomic E-state index is -0.801. The quantitative estimate of drug-likeness (QED) is 0.463. The number of amides is 2. The summed E-state index contributed by atoms with van der Waals surface area (Å²) in [5.74, 6) is 0.670.